The zero-order chi connectivity index (χ0) is 10.7. The zero-order valence-electron chi connectivity index (χ0n) is 7.34. The molecule has 0 radical (unpaired) electrons. The molecule has 0 aliphatic carbocycles. The lowest BCUT2D eigenvalue weighted by molar-refractivity contribution is -0.396. The summed E-state index contributed by atoms with van der Waals surface area (Å²) < 4.78 is 5.67. The summed E-state index contributed by atoms with van der Waals surface area (Å²) in [5.41, 5.74) is 5.13. The van der Waals surface area contributed by atoms with Crippen molar-refractivity contribution in [3.8, 4) is 0 Å². The largest absolute Gasteiger partial charge is 0.442 e. The van der Waals surface area contributed by atoms with Crippen LogP contribution in [0.1, 0.15) is 5.69 Å². The Bertz CT molecular complexity index is 372. The molecule has 14 heavy (non-hydrogen) atoms. The van der Waals surface area contributed by atoms with Crippen LogP contribution < -0.4 is 5.73 Å². The molecule has 0 spiro atoms. The van der Waals surface area contributed by atoms with E-state index in [1.807, 2.05) is 0 Å². The van der Waals surface area contributed by atoms with Gasteiger partial charge in [-0.15, -0.1) is 0 Å². The number of carbonyl (C=O) groups excluding carboxylic acids is 1. The van der Waals surface area contributed by atoms with Crippen LogP contribution in [0.15, 0.2) is 6.20 Å². The van der Waals surface area contributed by atoms with Gasteiger partial charge in [-0.3, -0.25) is 0 Å². The smallest absolute Gasteiger partial charge is 0.434 e. The number of carbonyl (C=O) groups is 1. The minimum absolute atomic E-state index is 0.132. The zero-order valence-corrected chi connectivity index (χ0v) is 7.34. The highest BCUT2D eigenvalue weighted by molar-refractivity contribution is 5.64. The second kappa shape index (κ2) is 3.73. The summed E-state index contributed by atoms with van der Waals surface area (Å²) >= 11 is 0. The van der Waals surface area contributed by atoms with Gasteiger partial charge >= 0.3 is 12.0 Å². The van der Waals surface area contributed by atoms with Crippen LogP contribution in [0.25, 0.3) is 0 Å². The lowest BCUT2D eigenvalue weighted by Gasteiger charge is -1.99. The molecule has 1 amide bonds. The molecule has 0 aliphatic heterocycles. The monoisotopic (exact) mass is 200 g/mol. The minimum Gasteiger partial charge on any atom is -0.442 e. The number of amides is 1. The van der Waals surface area contributed by atoms with E-state index in [9.17, 15) is 14.9 Å². The fraction of sp³-hybridized carbons (Fsp3) is 0.333. The number of nitrogens with two attached hydrogens (primary N) is 1. The Labute approximate surface area is 78.4 Å². The molecule has 8 heteroatoms. The van der Waals surface area contributed by atoms with Gasteiger partial charge in [0.05, 0.1) is 7.05 Å². The molecule has 1 heterocycles. The Kier molecular flexibility index (Phi) is 2.65. The van der Waals surface area contributed by atoms with Gasteiger partial charge in [-0.1, -0.05) is 4.98 Å². The quantitative estimate of drug-likeness (QED) is 0.541. The summed E-state index contributed by atoms with van der Waals surface area (Å²) in [5.74, 6) is -0.312. The van der Waals surface area contributed by atoms with Crippen LogP contribution in [0.2, 0.25) is 0 Å². The van der Waals surface area contributed by atoms with Crippen molar-refractivity contribution in [2.24, 2.45) is 12.8 Å². The predicted molar refractivity (Wildman–Crippen MR) is 44.2 cm³/mol. The molecule has 0 aromatic carbocycles. The average Bonchev–Trinajstić information content (AvgIpc) is 2.43. The predicted octanol–water partition coefficient (Wildman–Crippen LogP) is -0.0764. The molecule has 1 rings (SSSR count). The molecule has 8 nitrogen and oxygen atoms in total. The Morgan fingerprint density at radius 3 is 2.93 bits per heavy atom. The van der Waals surface area contributed by atoms with Gasteiger partial charge in [0.2, 0.25) is 0 Å². The van der Waals surface area contributed by atoms with Crippen molar-refractivity contribution in [2.75, 3.05) is 0 Å². The van der Waals surface area contributed by atoms with Gasteiger partial charge in [-0.25, -0.2) is 9.36 Å². The normalized spacial score (nSPS) is 9.79. The Morgan fingerprint density at radius 2 is 2.50 bits per heavy atom. The maximum absolute atomic E-state index is 10.4. The highest BCUT2D eigenvalue weighted by atomic mass is 16.6. The number of rotatable bonds is 3. The molecule has 0 atom stereocenters. The van der Waals surface area contributed by atoms with Crippen molar-refractivity contribution < 1.29 is 14.5 Å². The fourth-order valence-electron chi connectivity index (χ4n) is 0.883. The van der Waals surface area contributed by atoms with Crippen molar-refractivity contribution >= 4 is 12.0 Å². The van der Waals surface area contributed by atoms with Crippen LogP contribution in [0.3, 0.4) is 0 Å². The molecule has 0 saturated carbocycles. The third kappa shape index (κ3) is 1.97. The molecule has 0 bridgehead atoms. The fourth-order valence-corrected chi connectivity index (χ4v) is 0.883. The van der Waals surface area contributed by atoms with Crippen LogP contribution in [0, 0.1) is 10.1 Å². The summed E-state index contributed by atoms with van der Waals surface area (Å²) in [4.78, 5) is 23.5. The third-order valence-electron chi connectivity index (χ3n) is 1.59. The van der Waals surface area contributed by atoms with Crippen molar-refractivity contribution in [3.63, 3.8) is 0 Å². The first-order valence-electron chi connectivity index (χ1n) is 3.59. The molecular formula is C6H8N4O4. The SMILES string of the molecule is Cn1c(COC(N)=O)cnc1[N+](=O)[O-]. The minimum atomic E-state index is -0.936. The Hall–Kier alpha value is -2.12. The molecule has 2 N–H and O–H groups in total. The van der Waals surface area contributed by atoms with Crippen LogP contribution in [0.4, 0.5) is 10.7 Å². The van der Waals surface area contributed by atoms with E-state index in [0.717, 1.165) is 0 Å². The number of hydrogen-bond donors (Lipinski definition) is 1. The second-order valence-electron chi connectivity index (χ2n) is 2.47. The van der Waals surface area contributed by atoms with E-state index in [1.54, 1.807) is 0 Å². The summed E-state index contributed by atoms with van der Waals surface area (Å²) in [6, 6.07) is 0. The molecular weight excluding hydrogens is 192 g/mol. The van der Waals surface area contributed by atoms with E-state index in [1.165, 1.54) is 17.8 Å². The van der Waals surface area contributed by atoms with Gasteiger partial charge in [0, 0.05) is 0 Å². The van der Waals surface area contributed by atoms with E-state index in [-0.39, 0.29) is 12.6 Å². The highest BCUT2D eigenvalue weighted by Gasteiger charge is 2.17. The summed E-state index contributed by atoms with van der Waals surface area (Å²) in [7, 11) is 1.45. The first-order chi connectivity index (χ1) is 6.52. The molecule has 0 aliphatic rings. The van der Waals surface area contributed by atoms with Gasteiger partial charge in [0.25, 0.3) is 0 Å². The van der Waals surface area contributed by atoms with Crippen LogP contribution in [0.5, 0.6) is 0 Å². The van der Waals surface area contributed by atoms with Crippen LogP contribution in [-0.4, -0.2) is 20.6 Å². The molecule has 0 saturated heterocycles. The van der Waals surface area contributed by atoms with E-state index in [2.05, 4.69) is 9.72 Å². The van der Waals surface area contributed by atoms with Crippen molar-refractivity contribution in [1.82, 2.24) is 9.55 Å². The van der Waals surface area contributed by atoms with E-state index in [0.29, 0.717) is 5.69 Å². The van der Waals surface area contributed by atoms with Crippen LogP contribution in [-0.2, 0) is 18.4 Å². The third-order valence-corrected chi connectivity index (χ3v) is 1.59. The number of hydrogen-bond acceptors (Lipinski definition) is 5. The number of ether oxygens (including phenoxy) is 1. The molecule has 0 fully saturated rings. The van der Waals surface area contributed by atoms with Gasteiger partial charge < -0.3 is 20.6 Å². The highest BCUT2D eigenvalue weighted by Crippen LogP contribution is 2.10. The Balaban J connectivity index is 2.79. The topological polar surface area (TPSA) is 113 Å². The number of nitro groups is 1. The summed E-state index contributed by atoms with van der Waals surface area (Å²) in [6.45, 7) is -0.132. The summed E-state index contributed by atoms with van der Waals surface area (Å²) in [5, 5.41) is 10.4. The van der Waals surface area contributed by atoms with Gasteiger partial charge in [-0.05, 0) is 4.92 Å². The maximum atomic E-state index is 10.4. The number of primary amides is 1. The molecule has 0 unspecified atom stereocenters. The van der Waals surface area contributed by atoms with E-state index in [4.69, 9.17) is 5.73 Å². The first kappa shape index (κ1) is 9.96. The second-order valence-corrected chi connectivity index (χ2v) is 2.47. The lowest BCUT2D eigenvalue weighted by atomic mass is 10.5. The van der Waals surface area contributed by atoms with Crippen molar-refractivity contribution in [1.29, 1.82) is 0 Å². The lowest BCUT2D eigenvalue weighted by Crippen LogP contribution is -2.14. The first-order valence-corrected chi connectivity index (χ1v) is 3.59. The molecule has 1 aromatic heterocycles. The van der Waals surface area contributed by atoms with E-state index >= 15 is 0 Å². The van der Waals surface area contributed by atoms with Gasteiger partial charge in [0.15, 0.2) is 12.3 Å². The average molecular weight is 200 g/mol. The number of nitrogens with zero attached hydrogens (tertiary/aromatic N) is 3. The van der Waals surface area contributed by atoms with Crippen molar-refractivity contribution in [3.05, 3.63) is 22.0 Å². The standard InChI is InChI=1S/C6H8N4O4/c1-9-4(3-14-5(7)11)2-8-6(9)10(12)13/h2H,3H2,1H3,(H2,7,11). The van der Waals surface area contributed by atoms with Gasteiger partial charge in [-0.2, -0.15) is 0 Å². The number of aromatic nitrogens is 2. The van der Waals surface area contributed by atoms with Crippen molar-refractivity contribution in [2.45, 2.75) is 6.61 Å². The number of imidazole rings is 1. The van der Waals surface area contributed by atoms with E-state index < -0.39 is 11.0 Å². The Morgan fingerprint density at radius 1 is 1.86 bits per heavy atom. The summed E-state index contributed by atoms with van der Waals surface area (Å²) in [6.07, 6.45) is 0.315. The van der Waals surface area contributed by atoms with Gasteiger partial charge in [0.1, 0.15) is 6.20 Å². The maximum Gasteiger partial charge on any atom is 0.434 e. The van der Waals surface area contributed by atoms with Crippen LogP contribution >= 0.6 is 0 Å². The molecule has 1 aromatic rings. The molecule has 76 valence electrons.